The summed E-state index contributed by atoms with van der Waals surface area (Å²) in [5.41, 5.74) is -4.72. The van der Waals surface area contributed by atoms with Gasteiger partial charge in [0.15, 0.2) is 0 Å². The highest BCUT2D eigenvalue weighted by atomic mass is 16.6. The van der Waals surface area contributed by atoms with E-state index in [2.05, 4.69) is 0 Å². The van der Waals surface area contributed by atoms with E-state index in [4.69, 9.17) is 40.9 Å². The Balaban J connectivity index is 6.07. The van der Waals surface area contributed by atoms with Crippen LogP contribution in [0.5, 0.6) is 0 Å². The van der Waals surface area contributed by atoms with Gasteiger partial charge in [0.05, 0.1) is 0 Å². The van der Waals surface area contributed by atoms with Crippen molar-refractivity contribution in [3.63, 3.8) is 0 Å². The third-order valence-electron chi connectivity index (χ3n) is 1.91. The minimum Gasteiger partial charge on any atom is -0.479 e. The highest BCUT2D eigenvalue weighted by Crippen LogP contribution is 2.31. The number of carbonyl (C=O) groups is 3. The molecule has 0 rings (SSSR count). The quantitative estimate of drug-likeness (QED) is 0.219. The Labute approximate surface area is 91.4 Å². The molecule has 98 valence electrons. The molecule has 0 heterocycles. The number of hydrogen-bond acceptors (Lipinski definition) is 8. The molecule has 0 atom stereocenters. The maximum Gasteiger partial charge on any atom is 0.368 e. The SMILES string of the molecule is O=C(O)C(O)(O)C(O)(C(=O)O)C(O)(O)C(=O)O. The van der Waals surface area contributed by atoms with Crippen LogP contribution >= 0.6 is 0 Å². The summed E-state index contributed by atoms with van der Waals surface area (Å²) < 4.78 is 0. The molecular weight excluding hydrogens is 248 g/mol. The van der Waals surface area contributed by atoms with E-state index in [0.717, 1.165) is 0 Å². The van der Waals surface area contributed by atoms with Crippen molar-refractivity contribution >= 4 is 17.9 Å². The second-order valence-electron chi connectivity index (χ2n) is 2.97. The molecule has 11 heteroatoms. The number of aliphatic hydroxyl groups is 5. The Morgan fingerprint density at radius 3 is 0.941 bits per heavy atom. The molecule has 0 aliphatic carbocycles. The van der Waals surface area contributed by atoms with Crippen LogP contribution in [-0.4, -0.2) is 75.9 Å². The standard InChI is InChI=1S/C6H8O11/c7-1(8)4(13,5(14,15)2(9)10)6(16,17)3(11)12/h13-17H,(H,7,8)(H,9,10)(H,11,12). The lowest BCUT2D eigenvalue weighted by atomic mass is 9.84. The molecule has 0 amide bonds. The number of aliphatic carboxylic acids is 3. The summed E-state index contributed by atoms with van der Waals surface area (Å²) in [5.74, 6) is -17.8. The van der Waals surface area contributed by atoms with E-state index in [9.17, 15) is 14.4 Å². The smallest absolute Gasteiger partial charge is 0.368 e. The van der Waals surface area contributed by atoms with Gasteiger partial charge in [-0.3, -0.25) is 0 Å². The fourth-order valence-electron chi connectivity index (χ4n) is 0.851. The van der Waals surface area contributed by atoms with Gasteiger partial charge in [0.25, 0.3) is 5.60 Å². The first kappa shape index (κ1) is 15.2. The van der Waals surface area contributed by atoms with Crippen LogP contribution in [0.1, 0.15) is 0 Å². The van der Waals surface area contributed by atoms with Gasteiger partial charge in [-0.25, -0.2) is 14.4 Å². The second-order valence-corrected chi connectivity index (χ2v) is 2.97. The van der Waals surface area contributed by atoms with Gasteiger partial charge in [-0.2, -0.15) is 0 Å². The molecular formula is C6H8O11. The van der Waals surface area contributed by atoms with Crippen molar-refractivity contribution in [2.45, 2.75) is 17.2 Å². The number of carboxylic acid groups (broad SMARTS) is 3. The third kappa shape index (κ3) is 1.81. The minimum atomic E-state index is -4.72. The summed E-state index contributed by atoms with van der Waals surface area (Å²) in [6, 6.07) is 0. The molecule has 0 aromatic heterocycles. The second kappa shape index (κ2) is 3.90. The zero-order valence-corrected chi connectivity index (χ0v) is 7.80. The highest BCUT2D eigenvalue weighted by molar-refractivity contribution is 5.96. The summed E-state index contributed by atoms with van der Waals surface area (Å²) in [7, 11) is 0. The zero-order valence-electron chi connectivity index (χ0n) is 7.80. The molecule has 0 unspecified atom stereocenters. The predicted molar refractivity (Wildman–Crippen MR) is 42.2 cm³/mol. The topological polar surface area (TPSA) is 213 Å². The molecule has 8 N–H and O–H groups in total. The Kier molecular flexibility index (Phi) is 3.49. The van der Waals surface area contributed by atoms with Crippen molar-refractivity contribution in [2.24, 2.45) is 0 Å². The lowest BCUT2D eigenvalue weighted by molar-refractivity contribution is -0.349. The fraction of sp³-hybridized carbons (Fsp3) is 0.500. The summed E-state index contributed by atoms with van der Waals surface area (Å²) in [6.07, 6.45) is 0. The average Bonchev–Trinajstić information content (AvgIpc) is 2.14. The van der Waals surface area contributed by atoms with Crippen LogP contribution in [0.3, 0.4) is 0 Å². The molecule has 0 aliphatic rings. The molecule has 0 saturated carbocycles. The Morgan fingerprint density at radius 1 is 0.588 bits per heavy atom. The molecule has 0 aromatic rings. The number of carboxylic acids is 3. The lowest BCUT2D eigenvalue weighted by Crippen LogP contribution is -2.77. The summed E-state index contributed by atoms with van der Waals surface area (Å²) >= 11 is 0. The van der Waals surface area contributed by atoms with Crippen LogP contribution in [0.15, 0.2) is 0 Å². The number of rotatable bonds is 5. The maximum atomic E-state index is 10.5. The van der Waals surface area contributed by atoms with E-state index >= 15 is 0 Å². The molecule has 0 radical (unpaired) electrons. The maximum absolute atomic E-state index is 10.5. The first-order valence-electron chi connectivity index (χ1n) is 3.65. The Morgan fingerprint density at radius 2 is 0.824 bits per heavy atom. The molecule has 0 fully saturated rings. The van der Waals surface area contributed by atoms with Crippen LogP contribution < -0.4 is 0 Å². The molecule has 0 bridgehead atoms. The van der Waals surface area contributed by atoms with E-state index in [1.54, 1.807) is 0 Å². The highest BCUT2D eigenvalue weighted by Gasteiger charge is 2.74. The van der Waals surface area contributed by atoms with Crippen molar-refractivity contribution in [2.75, 3.05) is 0 Å². The Bertz CT molecular complexity index is 340. The fourth-order valence-corrected chi connectivity index (χ4v) is 0.851. The van der Waals surface area contributed by atoms with Gasteiger partial charge in [-0.1, -0.05) is 0 Å². The van der Waals surface area contributed by atoms with Crippen LogP contribution in [0.25, 0.3) is 0 Å². The molecule has 0 aromatic carbocycles. The van der Waals surface area contributed by atoms with E-state index < -0.39 is 35.1 Å². The van der Waals surface area contributed by atoms with Crippen LogP contribution in [0.2, 0.25) is 0 Å². The zero-order chi connectivity index (χ0) is 14.2. The largest absolute Gasteiger partial charge is 0.479 e. The lowest BCUT2D eigenvalue weighted by Gasteiger charge is -2.38. The van der Waals surface area contributed by atoms with Gasteiger partial charge in [-0.05, 0) is 0 Å². The molecule has 17 heavy (non-hydrogen) atoms. The van der Waals surface area contributed by atoms with E-state index in [0.29, 0.717) is 0 Å². The van der Waals surface area contributed by atoms with Crippen molar-refractivity contribution in [3.8, 4) is 0 Å². The first-order valence-corrected chi connectivity index (χ1v) is 3.65. The summed E-state index contributed by atoms with van der Waals surface area (Å²) in [4.78, 5) is 31.1. The third-order valence-corrected chi connectivity index (χ3v) is 1.91. The summed E-state index contributed by atoms with van der Waals surface area (Å²) in [6.45, 7) is 0. The van der Waals surface area contributed by atoms with E-state index in [1.807, 2.05) is 0 Å². The van der Waals surface area contributed by atoms with Crippen LogP contribution in [-0.2, 0) is 14.4 Å². The van der Waals surface area contributed by atoms with E-state index in [1.165, 1.54) is 0 Å². The first-order chi connectivity index (χ1) is 7.33. The van der Waals surface area contributed by atoms with Crippen LogP contribution in [0.4, 0.5) is 0 Å². The van der Waals surface area contributed by atoms with E-state index in [-0.39, 0.29) is 0 Å². The van der Waals surface area contributed by atoms with Crippen molar-refractivity contribution < 1.29 is 55.2 Å². The monoisotopic (exact) mass is 256 g/mol. The van der Waals surface area contributed by atoms with Gasteiger partial charge >= 0.3 is 29.5 Å². The van der Waals surface area contributed by atoms with Gasteiger partial charge in [0, 0.05) is 0 Å². The summed E-state index contributed by atoms with van der Waals surface area (Å²) in [5, 5.41) is 69.2. The van der Waals surface area contributed by atoms with Gasteiger partial charge < -0.3 is 40.9 Å². The predicted octanol–water partition coefficient (Wildman–Crippen LogP) is -4.67. The molecule has 11 nitrogen and oxygen atoms in total. The van der Waals surface area contributed by atoms with Crippen LogP contribution in [0, 0.1) is 0 Å². The Hall–Kier alpha value is -1.79. The van der Waals surface area contributed by atoms with Gasteiger partial charge in [-0.15, -0.1) is 0 Å². The molecule has 0 spiro atoms. The minimum absolute atomic E-state index is 2.81. The van der Waals surface area contributed by atoms with Crippen molar-refractivity contribution in [3.05, 3.63) is 0 Å². The van der Waals surface area contributed by atoms with Crippen molar-refractivity contribution in [1.29, 1.82) is 0 Å². The molecule has 0 saturated heterocycles. The van der Waals surface area contributed by atoms with Gasteiger partial charge in [0.2, 0.25) is 0 Å². The number of hydrogen-bond donors (Lipinski definition) is 8. The molecule has 0 aliphatic heterocycles. The van der Waals surface area contributed by atoms with Crippen molar-refractivity contribution in [1.82, 2.24) is 0 Å². The normalized spacial score (nSPS) is 13.2. The average molecular weight is 256 g/mol. The van der Waals surface area contributed by atoms with Gasteiger partial charge in [0.1, 0.15) is 0 Å².